The Hall–Kier alpha value is -2.64. The van der Waals surface area contributed by atoms with Crippen molar-refractivity contribution in [2.45, 2.75) is 6.18 Å². The summed E-state index contributed by atoms with van der Waals surface area (Å²) in [4.78, 5) is 17.7. The average Bonchev–Trinajstić information content (AvgIpc) is 2.82. The predicted molar refractivity (Wildman–Crippen MR) is 69.6 cm³/mol. The number of hydrogen-bond acceptors (Lipinski definition) is 3. The molecule has 2 heterocycles. The van der Waals surface area contributed by atoms with Gasteiger partial charge < -0.3 is 4.98 Å². The lowest BCUT2D eigenvalue weighted by atomic mass is 10.1. The first-order valence-electron chi connectivity index (χ1n) is 5.95. The van der Waals surface area contributed by atoms with Gasteiger partial charge in [0.05, 0.1) is 23.0 Å². The summed E-state index contributed by atoms with van der Waals surface area (Å²) in [6.07, 6.45) is -1.33. The van der Waals surface area contributed by atoms with E-state index in [4.69, 9.17) is 0 Å². The predicted octanol–water partition coefficient (Wildman–Crippen LogP) is 2.34. The molecule has 0 aliphatic heterocycles. The molecule has 8 heteroatoms. The van der Waals surface area contributed by atoms with Crippen LogP contribution in [0.15, 0.2) is 35.4 Å². The third-order valence-corrected chi connectivity index (χ3v) is 3.04. The van der Waals surface area contributed by atoms with Crippen molar-refractivity contribution >= 4 is 10.9 Å². The molecule has 5 nitrogen and oxygen atoms in total. The van der Waals surface area contributed by atoms with Gasteiger partial charge in [-0.2, -0.15) is 23.3 Å². The largest absolute Gasteiger partial charge is 0.416 e. The summed E-state index contributed by atoms with van der Waals surface area (Å²) in [6, 6.07) is 3.16. The molecule has 0 radical (unpaired) electrons. The number of aryl methyl sites for hydroxylation is 1. The van der Waals surface area contributed by atoms with Gasteiger partial charge in [0, 0.05) is 24.2 Å². The van der Waals surface area contributed by atoms with Crippen LogP contribution in [0.5, 0.6) is 0 Å². The maximum atomic E-state index is 12.7. The van der Waals surface area contributed by atoms with Gasteiger partial charge in [-0.25, -0.2) is 4.79 Å². The molecule has 1 aromatic carbocycles. The van der Waals surface area contributed by atoms with E-state index < -0.39 is 17.4 Å². The van der Waals surface area contributed by atoms with Crippen LogP contribution in [0.3, 0.4) is 0 Å². The molecule has 2 aromatic heterocycles. The number of aromatic nitrogens is 4. The Bertz CT molecular complexity index is 879. The van der Waals surface area contributed by atoms with E-state index in [1.54, 1.807) is 13.2 Å². The summed E-state index contributed by atoms with van der Waals surface area (Å²) in [6.45, 7) is 0. The topological polar surface area (TPSA) is 63.6 Å². The molecular weight excluding hydrogens is 285 g/mol. The van der Waals surface area contributed by atoms with E-state index in [0.717, 1.165) is 12.1 Å². The molecule has 0 unspecified atom stereocenters. The molecule has 0 amide bonds. The number of rotatable bonds is 1. The molecule has 1 N–H and O–H groups in total. The Morgan fingerprint density at radius 1 is 1.29 bits per heavy atom. The fourth-order valence-corrected chi connectivity index (χ4v) is 2.10. The standard InChI is InChI=1S/C13H9F3N4O/c1-20-6-7(5-17-20)11-9-3-2-8(13(14,15)16)4-10(9)18-12(21)19-11/h2-6H,1H3,(H,18,19,21). The van der Waals surface area contributed by atoms with E-state index in [9.17, 15) is 18.0 Å². The lowest BCUT2D eigenvalue weighted by Crippen LogP contribution is -2.12. The van der Waals surface area contributed by atoms with E-state index in [2.05, 4.69) is 15.1 Å². The van der Waals surface area contributed by atoms with Crippen LogP contribution in [-0.4, -0.2) is 19.7 Å². The summed E-state index contributed by atoms with van der Waals surface area (Å²) in [5.74, 6) is 0. The smallest absolute Gasteiger partial charge is 0.305 e. The van der Waals surface area contributed by atoms with E-state index in [1.807, 2.05) is 0 Å². The first kappa shape index (κ1) is 13.3. The van der Waals surface area contributed by atoms with Crippen LogP contribution >= 0.6 is 0 Å². The summed E-state index contributed by atoms with van der Waals surface area (Å²) in [5.41, 5.74) is -0.581. The molecular formula is C13H9F3N4O. The second-order valence-electron chi connectivity index (χ2n) is 4.55. The number of aromatic amines is 1. The van der Waals surface area contributed by atoms with Crippen molar-refractivity contribution in [2.75, 3.05) is 0 Å². The van der Waals surface area contributed by atoms with E-state index in [-0.39, 0.29) is 5.52 Å². The Kier molecular flexibility index (Phi) is 2.82. The fourth-order valence-electron chi connectivity index (χ4n) is 2.10. The maximum Gasteiger partial charge on any atom is 0.416 e. The van der Waals surface area contributed by atoms with Gasteiger partial charge in [-0.05, 0) is 12.1 Å². The Balaban J connectivity index is 2.29. The van der Waals surface area contributed by atoms with Crippen LogP contribution < -0.4 is 5.69 Å². The van der Waals surface area contributed by atoms with E-state index >= 15 is 0 Å². The van der Waals surface area contributed by atoms with Crippen LogP contribution in [-0.2, 0) is 13.2 Å². The molecule has 0 atom stereocenters. The van der Waals surface area contributed by atoms with Gasteiger partial charge in [-0.1, -0.05) is 6.07 Å². The Labute approximate surface area is 116 Å². The number of alkyl halides is 3. The zero-order chi connectivity index (χ0) is 15.2. The van der Waals surface area contributed by atoms with Gasteiger partial charge in [0.2, 0.25) is 0 Å². The molecule has 3 rings (SSSR count). The van der Waals surface area contributed by atoms with Crippen LogP contribution in [0.4, 0.5) is 13.2 Å². The molecule has 0 aliphatic rings. The Morgan fingerprint density at radius 3 is 2.67 bits per heavy atom. The molecule has 21 heavy (non-hydrogen) atoms. The van der Waals surface area contributed by atoms with Gasteiger partial charge in [-0.15, -0.1) is 0 Å². The summed E-state index contributed by atoms with van der Waals surface area (Å²) < 4.78 is 39.7. The number of fused-ring (bicyclic) bond motifs is 1. The highest BCUT2D eigenvalue weighted by molar-refractivity contribution is 5.92. The lowest BCUT2D eigenvalue weighted by Gasteiger charge is -2.09. The minimum atomic E-state index is -4.47. The molecule has 3 aromatic rings. The average molecular weight is 294 g/mol. The minimum Gasteiger partial charge on any atom is -0.305 e. The molecule has 0 spiro atoms. The quantitative estimate of drug-likeness (QED) is 0.749. The van der Waals surface area contributed by atoms with Gasteiger partial charge in [0.1, 0.15) is 0 Å². The SMILES string of the molecule is Cn1cc(-c2nc(=O)[nH]c3cc(C(F)(F)F)ccc23)cn1. The molecule has 0 fully saturated rings. The molecule has 0 bridgehead atoms. The highest BCUT2D eigenvalue weighted by Gasteiger charge is 2.30. The number of H-pyrrole nitrogens is 1. The van der Waals surface area contributed by atoms with Crippen molar-refractivity contribution in [3.05, 3.63) is 46.6 Å². The summed E-state index contributed by atoms with van der Waals surface area (Å²) in [7, 11) is 1.70. The normalized spacial score (nSPS) is 12.0. The number of hydrogen-bond donors (Lipinski definition) is 1. The maximum absolute atomic E-state index is 12.7. The van der Waals surface area contributed by atoms with Gasteiger partial charge in [0.15, 0.2) is 0 Å². The lowest BCUT2D eigenvalue weighted by molar-refractivity contribution is -0.137. The Morgan fingerprint density at radius 2 is 2.05 bits per heavy atom. The number of nitrogens with zero attached hydrogens (tertiary/aromatic N) is 3. The van der Waals surface area contributed by atoms with E-state index in [0.29, 0.717) is 16.6 Å². The molecule has 0 aliphatic carbocycles. The molecule has 0 saturated carbocycles. The van der Waals surface area contributed by atoms with Crippen molar-refractivity contribution in [3.63, 3.8) is 0 Å². The zero-order valence-corrected chi connectivity index (χ0v) is 10.8. The first-order valence-corrected chi connectivity index (χ1v) is 5.95. The third-order valence-electron chi connectivity index (χ3n) is 3.04. The highest BCUT2D eigenvalue weighted by atomic mass is 19.4. The van der Waals surface area contributed by atoms with Crippen molar-refractivity contribution in [3.8, 4) is 11.3 Å². The van der Waals surface area contributed by atoms with Gasteiger partial charge in [0.25, 0.3) is 0 Å². The molecule has 108 valence electrons. The van der Waals surface area contributed by atoms with Crippen molar-refractivity contribution in [1.82, 2.24) is 19.7 Å². The number of halogens is 3. The number of benzene rings is 1. The van der Waals surface area contributed by atoms with Crippen LogP contribution in [0, 0.1) is 0 Å². The first-order chi connectivity index (χ1) is 9.84. The van der Waals surface area contributed by atoms with Gasteiger partial charge >= 0.3 is 11.9 Å². The monoisotopic (exact) mass is 294 g/mol. The fraction of sp³-hybridized carbons (Fsp3) is 0.154. The highest BCUT2D eigenvalue weighted by Crippen LogP contribution is 2.32. The summed E-state index contributed by atoms with van der Waals surface area (Å²) >= 11 is 0. The van der Waals surface area contributed by atoms with Crippen LogP contribution in [0.1, 0.15) is 5.56 Å². The van der Waals surface area contributed by atoms with Crippen LogP contribution in [0.2, 0.25) is 0 Å². The second-order valence-corrected chi connectivity index (χ2v) is 4.55. The molecule has 0 saturated heterocycles. The van der Waals surface area contributed by atoms with Crippen molar-refractivity contribution in [1.29, 1.82) is 0 Å². The van der Waals surface area contributed by atoms with Crippen molar-refractivity contribution < 1.29 is 13.2 Å². The third kappa shape index (κ3) is 2.39. The van der Waals surface area contributed by atoms with Crippen molar-refractivity contribution in [2.24, 2.45) is 7.05 Å². The zero-order valence-electron chi connectivity index (χ0n) is 10.8. The summed E-state index contributed by atoms with van der Waals surface area (Å²) in [5, 5.41) is 4.40. The second kappa shape index (κ2) is 4.44. The number of nitrogens with one attached hydrogen (secondary N) is 1. The van der Waals surface area contributed by atoms with Gasteiger partial charge in [-0.3, -0.25) is 4.68 Å². The van der Waals surface area contributed by atoms with Crippen LogP contribution in [0.25, 0.3) is 22.2 Å². The van der Waals surface area contributed by atoms with E-state index in [1.165, 1.54) is 16.9 Å². The minimum absolute atomic E-state index is 0.0867.